The summed E-state index contributed by atoms with van der Waals surface area (Å²) >= 11 is 0. The lowest BCUT2D eigenvalue weighted by molar-refractivity contribution is -0.150. The predicted octanol–water partition coefficient (Wildman–Crippen LogP) is 1.77. The van der Waals surface area contributed by atoms with E-state index in [1.807, 2.05) is 12.2 Å². The molecule has 1 fully saturated rings. The minimum Gasteiger partial charge on any atom is -0.481 e. The molecule has 1 amide bonds. The number of amides is 1. The Morgan fingerprint density at radius 3 is 2.44 bits per heavy atom. The van der Waals surface area contributed by atoms with Gasteiger partial charge in [-0.2, -0.15) is 0 Å². The number of carbonyl (C=O) groups excluding carboxylic acids is 1. The first-order chi connectivity index (χ1) is 8.56. The van der Waals surface area contributed by atoms with E-state index in [4.69, 9.17) is 0 Å². The van der Waals surface area contributed by atoms with Crippen LogP contribution in [-0.4, -0.2) is 35.5 Å². The maximum atomic E-state index is 12.4. The third kappa shape index (κ3) is 2.16. The Labute approximate surface area is 108 Å². The van der Waals surface area contributed by atoms with E-state index in [0.717, 1.165) is 25.8 Å². The number of carbonyl (C=O) groups is 2. The van der Waals surface area contributed by atoms with Crippen molar-refractivity contribution < 1.29 is 14.7 Å². The molecule has 0 aromatic rings. The summed E-state index contributed by atoms with van der Waals surface area (Å²) < 4.78 is 0. The lowest BCUT2D eigenvalue weighted by Gasteiger charge is -2.28. The van der Waals surface area contributed by atoms with Crippen molar-refractivity contribution in [2.45, 2.75) is 26.2 Å². The zero-order chi connectivity index (χ0) is 13.3. The van der Waals surface area contributed by atoms with Gasteiger partial charge in [0, 0.05) is 13.6 Å². The molecular weight excluding hydrogens is 230 g/mol. The number of hydrogen-bond donors (Lipinski definition) is 1. The van der Waals surface area contributed by atoms with Crippen LogP contribution in [0.2, 0.25) is 0 Å². The fraction of sp³-hybridized carbons (Fsp3) is 0.714. The molecule has 18 heavy (non-hydrogen) atoms. The molecule has 0 aliphatic heterocycles. The van der Waals surface area contributed by atoms with Gasteiger partial charge in [0.15, 0.2) is 0 Å². The van der Waals surface area contributed by atoms with Crippen molar-refractivity contribution in [1.29, 1.82) is 0 Å². The number of hydrogen-bond acceptors (Lipinski definition) is 2. The molecule has 2 unspecified atom stereocenters. The van der Waals surface area contributed by atoms with E-state index in [1.54, 1.807) is 11.9 Å². The molecule has 4 nitrogen and oxygen atoms in total. The number of carboxylic acids is 1. The second kappa shape index (κ2) is 5.12. The number of rotatable bonds is 5. The predicted molar refractivity (Wildman–Crippen MR) is 67.9 cm³/mol. The van der Waals surface area contributed by atoms with Crippen LogP contribution in [0.25, 0.3) is 0 Å². The normalized spacial score (nSPS) is 32.8. The van der Waals surface area contributed by atoms with Crippen LogP contribution in [0.15, 0.2) is 12.2 Å². The number of fused-ring (bicyclic) bond motifs is 2. The third-order valence-corrected chi connectivity index (χ3v) is 4.25. The van der Waals surface area contributed by atoms with Gasteiger partial charge in [-0.05, 0) is 24.7 Å². The summed E-state index contributed by atoms with van der Waals surface area (Å²) in [7, 11) is 1.78. The molecule has 100 valence electrons. The maximum absolute atomic E-state index is 12.4. The second-order valence-electron chi connectivity index (χ2n) is 5.45. The molecule has 1 N–H and O–H groups in total. The average molecular weight is 251 g/mol. The Morgan fingerprint density at radius 1 is 1.28 bits per heavy atom. The van der Waals surface area contributed by atoms with Gasteiger partial charge < -0.3 is 10.0 Å². The lowest BCUT2D eigenvalue weighted by atomic mass is 9.82. The Balaban J connectivity index is 2.09. The van der Waals surface area contributed by atoms with E-state index >= 15 is 0 Å². The SMILES string of the molecule is CCCCN(C)C(=O)[C@H]1C2C=CC(C2)[C@H]1C(=O)O. The number of allylic oxidation sites excluding steroid dienone is 2. The molecule has 0 radical (unpaired) electrons. The molecular formula is C14H21NO3. The Morgan fingerprint density at radius 2 is 1.89 bits per heavy atom. The van der Waals surface area contributed by atoms with Gasteiger partial charge in [0.05, 0.1) is 11.8 Å². The zero-order valence-electron chi connectivity index (χ0n) is 11.0. The van der Waals surface area contributed by atoms with Crippen molar-refractivity contribution in [2.75, 3.05) is 13.6 Å². The first kappa shape index (κ1) is 13.1. The van der Waals surface area contributed by atoms with Crippen LogP contribution >= 0.6 is 0 Å². The third-order valence-electron chi connectivity index (χ3n) is 4.25. The summed E-state index contributed by atoms with van der Waals surface area (Å²) in [6.45, 7) is 2.80. The maximum Gasteiger partial charge on any atom is 0.307 e. The second-order valence-corrected chi connectivity index (χ2v) is 5.45. The number of unbranched alkanes of at least 4 members (excludes halogenated alkanes) is 1. The van der Waals surface area contributed by atoms with Crippen LogP contribution in [0.1, 0.15) is 26.2 Å². The van der Waals surface area contributed by atoms with E-state index in [-0.39, 0.29) is 23.7 Å². The highest BCUT2D eigenvalue weighted by Crippen LogP contribution is 2.48. The molecule has 0 heterocycles. The largest absolute Gasteiger partial charge is 0.481 e. The van der Waals surface area contributed by atoms with Gasteiger partial charge >= 0.3 is 5.97 Å². The van der Waals surface area contributed by atoms with Crippen LogP contribution in [0.4, 0.5) is 0 Å². The molecule has 0 aromatic heterocycles. The van der Waals surface area contributed by atoms with Crippen LogP contribution in [0, 0.1) is 23.7 Å². The van der Waals surface area contributed by atoms with E-state index < -0.39 is 11.9 Å². The average Bonchev–Trinajstić information content (AvgIpc) is 2.94. The highest BCUT2D eigenvalue weighted by atomic mass is 16.4. The van der Waals surface area contributed by atoms with Crippen LogP contribution in [0.5, 0.6) is 0 Å². The number of carboxylic acid groups (broad SMARTS) is 1. The number of nitrogens with zero attached hydrogens (tertiary/aromatic N) is 1. The van der Waals surface area contributed by atoms with Crippen LogP contribution < -0.4 is 0 Å². The van der Waals surface area contributed by atoms with Gasteiger partial charge in [-0.25, -0.2) is 0 Å². The standard InChI is InChI=1S/C14H21NO3/c1-3-4-7-15(2)13(16)11-9-5-6-10(8-9)12(11)14(17)18/h5-6,9-12H,3-4,7-8H2,1-2H3,(H,17,18)/t9?,10?,11-,12+/m0/s1. The molecule has 0 spiro atoms. The van der Waals surface area contributed by atoms with E-state index in [0.29, 0.717) is 0 Å². The molecule has 2 rings (SSSR count). The minimum atomic E-state index is -0.825. The molecule has 0 saturated heterocycles. The summed E-state index contributed by atoms with van der Waals surface area (Å²) in [5.74, 6) is -1.49. The van der Waals surface area contributed by atoms with Crippen molar-refractivity contribution in [3.63, 3.8) is 0 Å². The summed E-state index contributed by atoms with van der Waals surface area (Å²) in [6, 6.07) is 0. The van der Waals surface area contributed by atoms with Crippen LogP contribution in [-0.2, 0) is 9.59 Å². The molecule has 1 saturated carbocycles. The van der Waals surface area contributed by atoms with Crippen molar-refractivity contribution in [2.24, 2.45) is 23.7 Å². The van der Waals surface area contributed by atoms with Gasteiger partial charge in [-0.1, -0.05) is 25.5 Å². The first-order valence-electron chi connectivity index (χ1n) is 6.72. The molecule has 4 heteroatoms. The Bertz CT molecular complexity index is 377. The Hall–Kier alpha value is -1.32. The van der Waals surface area contributed by atoms with Crippen LogP contribution in [0.3, 0.4) is 0 Å². The first-order valence-corrected chi connectivity index (χ1v) is 6.72. The molecule has 2 aliphatic rings. The highest BCUT2D eigenvalue weighted by Gasteiger charge is 2.52. The smallest absolute Gasteiger partial charge is 0.307 e. The lowest BCUT2D eigenvalue weighted by Crippen LogP contribution is -2.41. The summed E-state index contributed by atoms with van der Waals surface area (Å²) in [4.78, 5) is 25.4. The van der Waals surface area contributed by atoms with Crippen molar-refractivity contribution in [3.8, 4) is 0 Å². The summed E-state index contributed by atoms with van der Waals surface area (Å²) in [6.07, 6.45) is 6.84. The van der Waals surface area contributed by atoms with E-state index in [2.05, 4.69) is 6.92 Å². The van der Waals surface area contributed by atoms with Gasteiger partial charge in [-0.3, -0.25) is 9.59 Å². The van der Waals surface area contributed by atoms with E-state index in [1.165, 1.54) is 0 Å². The van der Waals surface area contributed by atoms with Gasteiger partial charge in [0.25, 0.3) is 0 Å². The molecule has 2 aliphatic carbocycles. The van der Waals surface area contributed by atoms with Crippen molar-refractivity contribution >= 4 is 11.9 Å². The fourth-order valence-electron chi connectivity index (χ4n) is 3.26. The minimum absolute atomic E-state index is 0.00713. The molecule has 0 aromatic carbocycles. The fourth-order valence-corrected chi connectivity index (χ4v) is 3.26. The summed E-state index contributed by atoms with van der Waals surface area (Å²) in [5.41, 5.74) is 0. The van der Waals surface area contributed by atoms with Gasteiger partial charge in [0.2, 0.25) is 5.91 Å². The Kier molecular flexibility index (Phi) is 3.73. The van der Waals surface area contributed by atoms with Gasteiger partial charge in [-0.15, -0.1) is 0 Å². The monoisotopic (exact) mass is 251 g/mol. The van der Waals surface area contributed by atoms with Crippen molar-refractivity contribution in [3.05, 3.63) is 12.2 Å². The van der Waals surface area contributed by atoms with Gasteiger partial charge in [0.1, 0.15) is 0 Å². The van der Waals surface area contributed by atoms with E-state index in [9.17, 15) is 14.7 Å². The van der Waals surface area contributed by atoms with Crippen molar-refractivity contribution in [1.82, 2.24) is 4.90 Å². The topological polar surface area (TPSA) is 57.6 Å². The summed E-state index contributed by atoms with van der Waals surface area (Å²) in [5, 5.41) is 9.31. The highest BCUT2D eigenvalue weighted by molar-refractivity contribution is 5.86. The number of aliphatic carboxylic acids is 1. The zero-order valence-corrected chi connectivity index (χ0v) is 11.0. The quantitative estimate of drug-likeness (QED) is 0.758. The molecule has 2 bridgehead atoms. The molecule has 4 atom stereocenters.